The molecule has 17 heavy (non-hydrogen) atoms. The number of amides is 1. The van der Waals surface area contributed by atoms with Gasteiger partial charge in [0.1, 0.15) is 0 Å². The van der Waals surface area contributed by atoms with E-state index in [0.717, 1.165) is 21.0 Å². The van der Waals surface area contributed by atoms with Crippen molar-refractivity contribution in [1.29, 1.82) is 0 Å². The van der Waals surface area contributed by atoms with Crippen LogP contribution in [-0.4, -0.2) is 11.9 Å². The van der Waals surface area contributed by atoms with Gasteiger partial charge in [0.15, 0.2) is 0 Å². The van der Waals surface area contributed by atoms with E-state index < -0.39 is 0 Å². The second-order valence-corrected chi connectivity index (χ2v) is 6.40. The van der Waals surface area contributed by atoms with Crippen molar-refractivity contribution in [3.63, 3.8) is 0 Å². The summed E-state index contributed by atoms with van der Waals surface area (Å²) < 4.78 is 1.03. The zero-order chi connectivity index (χ0) is 11.8. The molecule has 2 saturated carbocycles. The second-order valence-electron chi connectivity index (χ2n) is 5.23. The molecule has 2 aliphatic rings. The molecule has 2 bridgehead atoms. The average Bonchev–Trinajstić information content (AvgIpc) is 2.91. The van der Waals surface area contributed by atoms with Crippen molar-refractivity contribution in [3.05, 3.63) is 33.4 Å². The van der Waals surface area contributed by atoms with Gasteiger partial charge in [-0.3, -0.25) is 4.79 Å². The third-order valence-electron chi connectivity index (χ3n) is 4.17. The molecule has 2 fully saturated rings. The number of nitrogens with one attached hydrogen (secondary N) is 1. The van der Waals surface area contributed by atoms with E-state index in [2.05, 4.69) is 27.9 Å². The van der Waals surface area contributed by atoms with E-state index in [1.54, 1.807) is 0 Å². The van der Waals surface area contributed by atoms with Crippen LogP contribution < -0.4 is 5.32 Å². The van der Waals surface area contributed by atoms with E-state index in [-0.39, 0.29) is 5.91 Å². The van der Waals surface area contributed by atoms with E-state index >= 15 is 0 Å². The number of hydrogen-bond acceptors (Lipinski definition) is 1. The Hall–Kier alpha value is -0.580. The molecule has 1 aromatic rings. The predicted octanol–water partition coefficient (Wildman–Crippen LogP) is 3.21. The van der Waals surface area contributed by atoms with Crippen LogP contribution in [0.15, 0.2) is 24.3 Å². The fourth-order valence-corrected chi connectivity index (χ4v) is 3.95. The summed E-state index contributed by atoms with van der Waals surface area (Å²) in [4.78, 5) is 12.2. The van der Waals surface area contributed by atoms with Gasteiger partial charge >= 0.3 is 0 Å². The highest BCUT2D eigenvalue weighted by Gasteiger charge is 2.40. The molecule has 2 aliphatic carbocycles. The largest absolute Gasteiger partial charge is 0.349 e. The number of carbonyl (C=O) groups is 1. The Morgan fingerprint density at radius 2 is 2.06 bits per heavy atom. The number of fused-ring (bicyclic) bond motifs is 2. The van der Waals surface area contributed by atoms with Gasteiger partial charge in [-0.05, 0) is 65.8 Å². The maximum absolute atomic E-state index is 12.2. The van der Waals surface area contributed by atoms with Crippen molar-refractivity contribution < 1.29 is 4.79 Å². The van der Waals surface area contributed by atoms with Crippen LogP contribution in [-0.2, 0) is 0 Å². The molecule has 0 aliphatic heterocycles. The van der Waals surface area contributed by atoms with Gasteiger partial charge in [-0.2, -0.15) is 0 Å². The minimum absolute atomic E-state index is 0.104. The Labute approximate surface area is 115 Å². The molecule has 0 radical (unpaired) electrons. The van der Waals surface area contributed by atoms with Crippen LogP contribution in [0, 0.1) is 15.4 Å². The number of hydrogen-bond donors (Lipinski definition) is 1. The zero-order valence-electron chi connectivity index (χ0n) is 9.66. The monoisotopic (exact) mass is 341 g/mol. The lowest BCUT2D eigenvalue weighted by Gasteiger charge is -2.23. The van der Waals surface area contributed by atoms with Crippen molar-refractivity contribution in [2.45, 2.75) is 31.7 Å². The highest BCUT2D eigenvalue weighted by Crippen LogP contribution is 2.44. The summed E-state index contributed by atoms with van der Waals surface area (Å²) >= 11 is 2.22. The molecule has 0 saturated heterocycles. The van der Waals surface area contributed by atoms with Gasteiger partial charge in [-0.25, -0.2) is 0 Å². The number of rotatable bonds is 2. The van der Waals surface area contributed by atoms with Gasteiger partial charge in [0.2, 0.25) is 0 Å². The molecular weight excluding hydrogens is 325 g/mol. The van der Waals surface area contributed by atoms with Gasteiger partial charge in [0.05, 0.1) is 5.56 Å². The quantitative estimate of drug-likeness (QED) is 0.823. The summed E-state index contributed by atoms with van der Waals surface area (Å²) in [5.41, 5.74) is 0.816. The number of carbonyl (C=O) groups excluding carboxylic acids is 1. The van der Waals surface area contributed by atoms with Crippen LogP contribution in [0.25, 0.3) is 0 Å². The molecule has 3 atom stereocenters. The predicted molar refractivity (Wildman–Crippen MR) is 75.9 cm³/mol. The highest BCUT2D eigenvalue weighted by molar-refractivity contribution is 14.1. The molecule has 0 unspecified atom stereocenters. The summed E-state index contributed by atoms with van der Waals surface area (Å²) in [6.07, 6.45) is 5.21. The van der Waals surface area contributed by atoms with E-state index in [4.69, 9.17) is 0 Å². The molecule has 1 aromatic carbocycles. The fourth-order valence-electron chi connectivity index (χ4n) is 3.31. The lowest BCUT2D eigenvalue weighted by Crippen LogP contribution is -2.38. The topological polar surface area (TPSA) is 29.1 Å². The van der Waals surface area contributed by atoms with Crippen molar-refractivity contribution in [1.82, 2.24) is 5.32 Å². The van der Waals surface area contributed by atoms with E-state index in [0.29, 0.717) is 6.04 Å². The highest BCUT2D eigenvalue weighted by atomic mass is 127. The van der Waals surface area contributed by atoms with Crippen molar-refractivity contribution in [2.24, 2.45) is 11.8 Å². The minimum Gasteiger partial charge on any atom is -0.349 e. The molecule has 1 amide bonds. The minimum atomic E-state index is 0.104. The molecule has 0 spiro atoms. The third kappa shape index (κ3) is 2.21. The zero-order valence-corrected chi connectivity index (χ0v) is 11.8. The molecule has 3 rings (SSSR count). The van der Waals surface area contributed by atoms with Crippen molar-refractivity contribution >= 4 is 28.5 Å². The van der Waals surface area contributed by atoms with Crippen molar-refractivity contribution in [2.75, 3.05) is 0 Å². The molecule has 90 valence electrons. The Bertz CT molecular complexity index is 446. The summed E-state index contributed by atoms with van der Waals surface area (Å²) in [5.74, 6) is 1.72. The maximum atomic E-state index is 12.2. The fraction of sp³-hybridized carbons (Fsp3) is 0.500. The van der Waals surface area contributed by atoms with Crippen LogP contribution >= 0.6 is 22.6 Å². The first-order valence-corrected chi connectivity index (χ1v) is 7.37. The molecule has 3 heteroatoms. The smallest absolute Gasteiger partial charge is 0.252 e. The summed E-state index contributed by atoms with van der Waals surface area (Å²) in [6.45, 7) is 0. The first-order valence-electron chi connectivity index (χ1n) is 6.29. The molecule has 1 N–H and O–H groups in total. The number of halogens is 1. The molecule has 0 heterocycles. The summed E-state index contributed by atoms with van der Waals surface area (Å²) in [5, 5.41) is 3.22. The van der Waals surface area contributed by atoms with Gasteiger partial charge < -0.3 is 5.32 Å². The Kier molecular flexibility index (Phi) is 3.11. The molecule has 2 nitrogen and oxygen atoms in total. The first-order chi connectivity index (χ1) is 8.24. The molecule has 0 aromatic heterocycles. The lowest BCUT2D eigenvalue weighted by molar-refractivity contribution is 0.0922. The van der Waals surface area contributed by atoms with E-state index in [1.807, 2.05) is 24.3 Å². The first kappa shape index (κ1) is 11.5. The second kappa shape index (κ2) is 4.59. The Morgan fingerprint density at radius 1 is 1.24 bits per heavy atom. The lowest BCUT2D eigenvalue weighted by atomic mass is 9.95. The van der Waals surface area contributed by atoms with Crippen LogP contribution in [0.2, 0.25) is 0 Å². The standard InChI is InChI=1S/C14H16INO/c15-12-4-2-1-3-11(12)14(17)16-13-8-9-5-6-10(13)7-9/h1-4,9-10,13H,5-8H2,(H,16,17)/t9-,10-,13+/m1/s1. The van der Waals surface area contributed by atoms with E-state index in [1.165, 1.54) is 25.7 Å². The van der Waals surface area contributed by atoms with Crippen LogP contribution in [0.5, 0.6) is 0 Å². The third-order valence-corrected chi connectivity index (χ3v) is 5.11. The summed E-state index contributed by atoms with van der Waals surface area (Å²) in [7, 11) is 0. The van der Waals surface area contributed by atoms with Crippen LogP contribution in [0.1, 0.15) is 36.0 Å². The van der Waals surface area contributed by atoms with Gasteiger partial charge in [0, 0.05) is 9.61 Å². The van der Waals surface area contributed by atoms with Gasteiger partial charge in [0.25, 0.3) is 5.91 Å². The average molecular weight is 341 g/mol. The Balaban J connectivity index is 1.70. The van der Waals surface area contributed by atoms with Crippen LogP contribution in [0.3, 0.4) is 0 Å². The Morgan fingerprint density at radius 3 is 2.71 bits per heavy atom. The normalized spacial score (nSPS) is 30.5. The van der Waals surface area contributed by atoms with Gasteiger partial charge in [-0.15, -0.1) is 0 Å². The molecular formula is C14H16INO. The van der Waals surface area contributed by atoms with Crippen LogP contribution in [0.4, 0.5) is 0 Å². The number of benzene rings is 1. The van der Waals surface area contributed by atoms with Crippen molar-refractivity contribution in [3.8, 4) is 0 Å². The van der Waals surface area contributed by atoms with E-state index in [9.17, 15) is 4.79 Å². The summed E-state index contributed by atoms with van der Waals surface area (Å²) in [6, 6.07) is 8.21. The van der Waals surface area contributed by atoms with Gasteiger partial charge in [-0.1, -0.05) is 18.6 Å². The SMILES string of the molecule is O=C(N[C@H]1C[C@@H]2CC[C@@H]1C2)c1ccccc1I. The maximum Gasteiger partial charge on any atom is 0.252 e.